The molecule has 2 aromatic carbocycles. The van der Waals surface area contributed by atoms with E-state index in [4.69, 9.17) is 4.74 Å². The number of aliphatic hydroxyl groups excluding tert-OH is 1. The molecule has 1 unspecified atom stereocenters. The zero-order valence-corrected chi connectivity index (χ0v) is 13.0. The fourth-order valence-corrected chi connectivity index (χ4v) is 2.28. The number of aromatic amines is 1. The molecule has 0 aliphatic heterocycles. The second kappa shape index (κ2) is 7.27. The number of amides is 1. The number of nitrogens with one attached hydrogen (secondary N) is 2. The summed E-state index contributed by atoms with van der Waals surface area (Å²) in [6, 6.07) is 8.27. The Balaban J connectivity index is 1.53. The number of carbonyl (C=O) groups is 1. The van der Waals surface area contributed by atoms with Gasteiger partial charge in [-0.25, -0.2) is 8.78 Å². The number of halogens is 2. The fourth-order valence-electron chi connectivity index (χ4n) is 2.28. The van der Waals surface area contributed by atoms with Gasteiger partial charge in [0.25, 0.3) is 5.91 Å². The van der Waals surface area contributed by atoms with Crippen LogP contribution in [0.25, 0.3) is 10.9 Å². The minimum Gasteiger partial charge on any atom is -0.491 e. The fraction of sp³-hybridized carbons (Fsp3) is 0.176. The van der Waals surface area contributed by atoms with Crippen molar-refractivity contribution in [2.45, 2.75) is 6.10 Å². The van der Waals surface area contributed by atoms with Gasteiger partial charge in [0, 0.05) is 18.0 Å². The number of rotatable bonds is 6. The van der Waals surface area contributed by atoms with Crippen molar-refractivity contribution in [2.75, 3.05) is 13.2 Å². The molecule has 0 saturated heterocycles. The molecule has 0 aliphatic rings. The lowest BCUT2D eigenvalue weighted by Crippen LogP contribution is -2.35. The van der Waals surface area contributed by atoms with Gasteiger partial charge in [-0.05, 0) is 18.2 Å². The normalized spacial score (nSPS) is 12.1. The highest BCUT2D eigenvalue weighted by Crippen LogP contribution is 2.16. The van der Waals surface area contributed by atoms with Crippen molar-refractivity contribution in [1.29, 1.82) is 0 Å². The van der Waals surface area contributed by atoms with Crippen LogP contribution < -0.4 is 10.1 Å². The van der Waals surface area contributed by atoms with E-state index in [1.807, 2.05) is 6.07 Å². The Morgan fingerprint density at radius 2 is 2.12 bits per heavy atom. The molecule has 1 aromatic heterocycles. The van der Waals surface area contributed by atoms with E-state index < -0.39 is 17.7 Å². The molecule has 25 heavy (non-hydrogen) atoms. The highest BCUT2D eigenvalue weighted by molar-refractivity contribution is 6.05. The van der Waals surface area contributed by atoms with Gasteiger partial charge < -0.3 is 15.2 Å². The summed E-state index contributed by atoms with van der Waals surface area (Å²) in [7, 11) is 0. The number of nitrogens with zero attached hydrogens (tertiary/aromatic N) is 1. The minimum atomic E-state index is -1.03. The number of carbonyl (C=O) groups excluding carboxylic acids is 1. The van der Waals surface area contributed by atoms with E-state index in [9.17, 15) is 18.7 Å². The molecule has 130 valence electrons. The standard InChI is InChI=1S/C17H15F2N3O3/c18-14-5-4-12(6-15(14)19)25-9-11(23)8-20-17(24)13-3-1-2-10-7-21-22-16(10)13/h1-7,11,23H,8-9H2,(H,20,24)(H,21,22). The molecule has 0 saturated carbocycles. The maximum absolute atomic E-state index is 13.1. The van der Waals surface area contributed by atoms with Crippen molar-refractivity contribution < 1.29 is 23.4 Å². The van der Waals surface area contributed by atoms with Crippen LogP contribution >= 0.6 is 0 Å². The molecule has 0 bridgehead atoms. The molecule has 0 aliphatic carbocycles. The predicted molar refractivity (Wildman–Crippen MR) is 86.3 cm³/mol. The Labute approximate surface area is 141 Å². The SMILES string of the molecule is O=C(NCC(O)COc1ccc(F)c(F)c1)c1cccc2cn[nH]c12. The number of H-pyrrole nitrogens is 1. The van der Waals surface area contributed by atoms with Crippen LogP contribution in [0.2, 0.25) is 0 Å². The van der Waals surface area contributed by atoms with Crippen molar-refractivity contribution in [3.63, 3.8) is 0 Å². The Morgan fingerprint density at radius 1 is 1.28 bits per heavy atom. The molecule has 3 aromatic rings. The van der Waals surface area contributed by atoms with Gasteiger partial charge in [0.2, 0.25) is 0 Å². The predicted octanol–water partition coefficient (Wildman–Crippen LogP) is 2.01. The second-order valence-electron chi connectivity index (χ2n) is 5.39. The number of hydrogen-bond donors (Lipinski definition) is 3. The Kier molecular flexibility index (Phi) is 4.90. The minimum absolute atomic E-state index is 0.0625. The lowest BCUT2D eigenvalue weighted by Gasteiger charge is -2.13. The Morgan fingerprint density at radius 3 is 2.92 bits per heavy atom. The zero-order chi connectivity index (χ0) is 17.8. The van der Waals surface area contributed by atoms with Gasteiger partial charge in [-0.2, -0.15) is 5.10 Å². The largest absolute Gasteiger partial charge is 0.491 e. The maximum atomic E-state index is 13.1. The first-order valence-corrected chi connectivity index (χ1v) is 7.51. The van der Waals surface area contributed by atoms with Crippen LogP contribution in [0.5, 0.6) is 5.75 Å². The number of aromatic nitrogens is 2. The first-order chi connectivity index (χ1) is 12.0. The van der Waals surface area contributed by atoms with E-state index in [1.54, 1.807) is 18.3 Å². The third kappa shape index (κ3) is 3.92. The summed E-state index contributed by atoms with van der Waals surface area (Å²) in [6.07, 6.45) is 0.592. The van der Waals surface area contributed by atoms with Gasteiger partial charge in [-0.15, -0.1) is 0 Å². The quantitative estimate of drug-likeness (QED) is 0.637. The topological polar surface area (TPSA) is 87.2 Å². The van der Waals surface area contributed by atoms with Crippen LogP contribution in [0, 0.1) is 11.6 Å². The van der Waals surface area contributed by atoms with E-state index in [0.29, 0.717) is 11.1 Å². The van der Waals surface area contributed by atoms with E-state index >= 15 is 0 Å². The summed E-state index contributed by atoms with van der Waals surface area (Å²) in [4.78, 5) is 12.2. The molecular weight excluding hydrogens is 332 g/mol. The summed E-state index contributed by atoms with van der Waals surface area (Å²) < 4.78 is 31.1. The molecule has 1 amide bonds. The number of benzene rings is 2. The van der Waals surface area contributed by atoms with Gasteiger partial charge >= 0.3 is 0 Å². The summed E-state index contributed by atoms with van der Waals surface area (Å²) in [5.41, 5.74) is 1.01. The first kappa shape index (κ1) is 16.8. The number of para-hydroxylation sites is 1. The van der Waals surface area contributed by atoms with Crippen molar-refractivity contribution >= 4 is 16.8 Å². The summed E-state index contributed by atoms with van der Waals surface area (Å²) in [5, 5.41) is 19.9. The van der Waals surface area contributed by atoms with Gasteiger partial charge in [0.05, 0.1) is 17.3 Å². The summed E-state index contributed by atoms with van der Waals surface area (Å²) >= 11 is 0. The molecule has 1 heterocycles. The molecule has 3 rings (SSSR count). The van der Waals surface area contributed by atoms with Gasteiger partial charge in [0.15, 0.2) is 11.6 Å². The monoisotopic (exact) mass is 347 g/mol. The second-order valence-corrected chi connectivity index (χ2v) is 5.39. The summed E-state index contributed by atoms with van der Waals surface area (Å²) in [5.74, 6) is -2.30. The van der Waals surface area contributed by atoms with Gasteiger partial charge in [-0.1, -0.05) is 12.1 Å². The molecular formula is C17H15F2N3O3. The van der Waals surface area contributed by atoms with E-state index in [1.165, 1.54) is 6.07 Å². The Hall–Kier alpha value is -3.00. The van der Waals surface area contributed by atoms with Crippen LogP contribution in [-0.4, -0.2) is 40.5 Å². The molecule has 0 radical (unpaired) electrons. The van der Waals surface area contributed by atoms with Crippen molar-refractivity contribution in [3.05, 3.63) is 59.8 Å². The number of aliphatic hydroxyl groups is 1. The average molecular weight is 347 g/mol. The Bertz CT molecular complexity index is 898. The van der Waals surface area contributed by atoms with Crippen LogP contribution in [0.4, 0.5) is 8.78 Å². The molecule has 8 heteroatoms. The highest BCUT2D eigenvalue weighted by atomic mass is 19.2. The van der Waals surface area contributed by atoms with E-state index in [0.717, 1.165) is 17.5 Å². The van der Waals surface area contributed by atoms with Crippen LogP contribution in [0.15, 0.2) is 42.6 Å². The molecule has 0 spiro atoms. The lowest BCUT2D eigenvalue weighted by atomic mass is 10.1. The van der Waals surface area contributed by atoms with Crippen LogP contribution in [0.3, 0.4) is 0 Å². The van der Waals surface area contributed by atoms with Crippen LogP contribution in [0.1, 0.15) is 10.4 Å². The zero-order valence-electron chi connectivity index (χ0n) is 13.0. The summed E-state index contributed by atoms with van der Waals surface area (Å²) in [6.45, 7) is -0.243. The number of hydrogen-bond acceptors (Lipinski definition) is 4. The average Bonchev–Trinajstić information content (AvgIpc) is 3.09. The molecule has 3 N–H and O–H groups in total. The van der Waals surface area contributed by atoms with Gasteiger partial charge in [0.1, 0.15) is 18.5 Å². The van der Waals surface area contributed by atoms with Crippen molar-refractivity contribution in [3.8, 4) is 5.75 Å². The number of fused-ring (bicyclic) bond motifs is 1. The van der Waals surface area contributed by atoms with E-state index in [-0.39, 0.29) is 24.8 Å². The smallest absolute Gasteiger partial charge is 0.253 e. The first-order valence-electron chi connectivity index (χ1n) is 7.51. The lowest BCUT2D eigenvalue weighted by molar-refractivity contribution is 0.0844. The van der Waals surface area contributed by atoms with Crippen LogP contribution in [-0.2, 0) is 0 Å². The third-order valence-corrected chi connectivity index (χ3v) is 3.55. The highest BCUT2D eigenvalue weighted by Gasteiger charge is 2.13. The third-order valence-electron chi connectivity index (χ3n) is 3.55. The van der Waals surface area contributed by atoms with Crippen molar-refractivity contribution in [1.82, 2.24) is 15.5 Å². The maximum Gasteiger partial charge on any atom is 0.253 e. The van der Waals surface area contributed by atoms with Crippen molar-refractivity contribution in [2.24, 2.45) is 0 Å². The molecule has 1 atom stereocenters. The van der Waals surface area contributed by atoms with Gasteiger partial charge in [-0.3, -0.25) is 9.89 Å². The number of ether oxygens (including phenoxy) is 1. The molecule has 6 nitrogen and oxygen atoms in total. The van der Waals surface area contributed by atoms with E-state index in [2.05, 4.69) is 15.5 Å². The molecule has 0 fully saturated rings.